The van der Waals surface area contributed by atoms with Gasteiger partial charge >= 0.3 is 6.09 Å². The van der Waals surface area contributed by atoms with Gasteiger partial charge in [0, 0.05) is 25.1 Å². The fourth-order valence-corrected chi connectivity index (χ4v) is 2.20. The Kier molecular flexibility index (Phi) is 4.88. The number of nitrogens with zero attached hydrogens (tertiary/aromatic N) is 3. The second-order valence-electron chi connectivity index (χ2n) is 6.07. The highest BCUT2D eigenvalue weighted by Gasteiger charge is 2.30. The van der Waals surface area contributed by atoms with Crippen molar-refractivity contribution in [1.82, 2.24) is 14.9 Å². The molecule has 0 aliphatic carbocycles. The van der Waals surface area contributed by atoms with Crippen LogP contribution in [0.15, 0.2) is 12.4 Å². The van der Waals surface area contributed by atoms with Crippen molar-refractivity contribution in [2.75, 3.05) is 19.7 Å². The van der Waals surface area contributed by atoms with Crippen LogP contribution in [0.4, 0.5) is 4.79 Å². The van der Waals surface area contributed by atoms with Crippen molar-refractivity contribution in [3.8, 4) is 5.88 Å². The summed E-state index contributed by atoms with van der Waals surface area (Å²) in [5.74, 6) is 0.719. The molecular weight excluding hydrogens is 294 g/mol. The smallest absolute Gasteiger partial charge is 0.410 e. The minimum atomic E-state index is -0.469. The lowest BCUT2D eigenvalue weighted by Crippen LogP contribution is -2.35. The van der Waals surface area contributed by atoms with E-state index in [9.17, 15) is 4.79 Å². The summed E-state index contributed by atoms with van der Waals surface area (Å²) in [6, 6.07) is 1.57. The van der Waals surface area contributed by atoms with Gasteiger partial charge in [0.2, 0.25) is 5.88 Å². The summed E-state index contributed by atoms with van der Waals surface area (Å²) in [4.78, 5) is 21.4. The summed E-state index contributed by atoms with van der Waals surface area (Å²) >= 11 is 5.77. The lowest BCUT2D eigenvalue weighted by atomic mass is 10.1. The predicted molar refractivity (Wildman–Crippen MR) is 78.5 cm³/mol. The molecule has 1 saturated heterocycles. The van der Waals surface area contributed by atoms with Gasteiger partial charge in [-0.05, 0) is 27.2 Å². The van der Waals surface area contributed by atoms with E-state index < -0.39 is 5.60 Å². The van der Waals surface area contributed by atoms with E-state index >= 15 is 0 Å². The molecule has 1 atom stereocenters. The Labute approximate surface area is 129 Å². The number of ether oxygens (including phenoxy) is 2. The first-order valence-corrected chi connectivity index (χ1v) is 7.29. The molecule has 2 heterocycles. The zero-order chi connectivity index (χ0) is 15.5. The van der Waals surface area contributed by atoms with E-state index in [1.165, 1.54) is 6.33 Å². The van der Waals surface area contributed by atoms with Gasteiger partial charge in [-0.15, -0.1) is 0 Å². The Bertz CT molecular complexity index is 504. The zero-order valence-electron chi connectivity index (χ0n) is 12.5. The Morgan fingerprint density at radius 1 is 1.48 bits per heavy atom. The minimum Gasteiger partial charge on any atom is -0.477 e. The summed E-state index contributed by atoms with van der Waals surface area (Å²) < 4.78 is 10.9. The van der Waals surface area contributed by atoms with Crippen LogP contribution in [0.25, 0.3) is 0 Å². The molecule has 0 N–H and O–H groups in total. The highest BCUT2D eigenvalue weighted by atomic mass is 35.5. The van der Waals surface area contributed by atoms with Crippen molar-refractivity contribution in [2.24, 2.45) is 5.92 Å². The normalized spacial score (nSPS) is 18.7. The van der Waals surface area contributed by atoms with Crippen LogP contribution in [0.2, 0.25) is 5.15 Å². The molecule has 1 aliphatic heterocycles. The van der Waals surface area contributed by atoms with E-state index in [1.807, 2.05) is 20.8 Å². The second kappa shape index (κ2) is 6.47. The van der Waals surface area contributed by atoms with Crippen LogP contribution in [0.3, 0.4) is 0 Å². The first-order chi connectivity index (χ1) is 9.83. The average Bonchev–Trinajstić information content (AvgIpc) is 2.83. The molecule has 1 aliphatic rings. The molecule has 7 heteroatoms. The third kappa shape index (κ3) is 5.04. The third-order valence-corrected chi connectivity index (χ3v) is 3.22. The third-order valence-electron chi connectivity index (χ3n) is 3.01. The Morgan fingerprint density at radius 2 is 2.24 bits per heavy atom. The molecule has 6 nitrogen and oxygen atoms in total. The Balaban J connectivity index is 1.79. The topological polar surface area (TPSA) is 64.5 Å². The van der Waals surface area contributed by atoms with Crippen LogP contribution in [0.1, 0.15) is 27.2 Å². The number of carbonyl (C=O) groups is 1. The van der Waals surface area contributed by atoms with E-state index in [2.05, 4.69) is 9.97 Å². The molecule has 0 saturated carbocycles. The Morgan fingerprint density at radius 3 is 2.90 bits per heavy atom. The fourth-order valence-electron chi connectivity index (χ4n) is 2.06. The van der Waals surface area contributed by atoms with E-state index in [1.54, 1.807) is 11.0 Å². The molecule has 1 aromatic heterocycles. The maximum absolute atomic E-state index is 12.0. The predicted octanol–water partition coefficient (Wildman–Crippen LogP) is 2.77. The highest BCUT2D eigenvalue weighted by Crippen LogP contribution is 2.21. The monoisotopic (exact) mass is 313 g/mol. The summed E-state index contributed by atoms with van der Waals surface area (Å²) in [5.41, 5.74) is -0.469. The summed E-state index contributed by atoms with van der Waals surface area (Å²) in [6.45, 7) is 7.40. The van der Waals surface area contributed by atoms with Crippen molar-refractivity contribution in [2.45, 2.75) is 32.8 Å². The summed E-state index contributed by atoms with van der Waals surface area (Å²) in [6.07, 6.45) is 1.98. The number of carbonyl (C=O) groups excluding carboxylic acids is 1. The van der Waals surface area contributed by atoms with E-state index in [4.69, 9.17) is 21.1 Å². The van der Waals surface area contributed by atoms with E-state index in [0.29, 0.717) is 30.7 Å². The molecule has 0 radical (unpaired) electrons. The van der Waals surface area contributed by atoms with Crippen molar-refractivity contribution >= 4 is 17.7 Å². The SMILES string of the molecule is CC(C)(C)OC(=O)N1CC[C@H](COc2cc(Cl)ncn2)C1. The quantitative estimate of drug-likeness (QED) is 0.803. The van der Waals surface area contributed by atoms with Crippen LogP contribution in [0.5, 0.6) is 5.88 Å². The maximum atomic E-state index is 12.0. The largest absolute Gasteiger partial charge is 0.477 e. The molecule has 116 valence electrons. The summed E-state index contributed by atoms with van der Waals surface area (Å²) in [7, 11) is 0. The number of likely N-dealkylation sites (tertiary alicyclic amines) is 1. The van der Waals surface area contributed by atoms with Gasteiger partial charge in [-0.3, -0.25) is 0 Å². The highest BCUT2D eigenvalue weighted by molar-refractivity contribution is 6.29. The number of hydrogen-bond acceptors (Lipinski definition) is 5. The van der Waals surface area contributed by atoms with E-state index in [0.717, 1.165) is 6.42 Å². The molecule has 2 rings (SSSR count). The van der Waals surface area contributed by atoms with Crippen LogP contribution in [-0.4, -0.2) is 46.3 Å². The number of amides is 1. The second-order valence-corrected chi connectivity index (χ2v) is 6.46. The number of rotatable bonds is 3. The molecule has 0 unspecified atom stereocenters. The van der Waals surface area contributed by atoms with Crippen molar-refractivity contribution in [3.63, 3.8) is 0 Å². The molecule has 0 aromatic carbocycles. The maximum Gasteiger partial charge on any atom is 0.410 e. The fraction of sp³-hybridized carbons (Fsp3) is 0.643. The molecule has 1 fully saturated rings. The number of aromatic nitrogens is 2. The van der Waals surface area contributed by atoms with Crippen LogP contribution < -0.4 is 4.74 Å². The van der Waals surface area contributed by atoms with Gasteiger partial charge in [-0.25, -0.2) is 14.8 Å². The van der Waals surface area contributed by atoms with Crippen molar-refractivity contribution < 1.29 is 14.3 Å². The lowest BCUT2D eigenvalue weighted by Gasteiger charge is -2.24. The molecule has 1 aromatic rings. The van der Waals surface area contributed by atoms with Crippen LogP contribution in [-0.2, 0) is 4.74 Å². The minimum absolute atomic E-state index is 0.268. The molecule has 21 heavy (non-hydrogen) atoms. The zero-order valence-corrected chi connectivity index (χ0v) is 13.3. The van der Waals surface area contributed by atoms with E-state index in [-0.39, 0.29) is 12.0 Å². The molecule has 0 bridgehead atoms. The van der Waals surface area contributed by atoms with Gasteiger partial charge in [-0.2, -0.15) is 0 Å². The molecular formula is C14H20ClN3O3. The van der Waals surface area contributed by atoms with Gasteiger partial charge in [0.1, 0.15) is 17.1 Å². The first-order valence-electron chi connectivity index (χ1n) is 6.92. The molecule has 0 spiro atoms. The first kappa shape index (κ1) is 15.8. The van der Waals surface area contributed by atoms with Crippen molar-refractivity contribution in [1.29, 1.82) is 0 Å². The lowest BCUT2D eigenvalue weighted by molar-refractivity contribution is 0.0284. The van der Waals surface area contributed by atoms with Gasteiger partial charge in [0.15, 0.2) is 0 Å². The van der Waals surface area contributed by atoms with Gasteiger partial charge < -0.3 is 14.4 Å². The summed E-state index contributed by atoms with van der Waals surface area (Å²) in [5, 5.41) is 0.349. The van der Waals surface area contributed by atoms with Crippen molar-refractivity contribution in [3.05, 3.63) is 17.5 Å². The number of halogens is 1. The average molecular weight is 314 g/mol. The standard InChI is InChI=1S/C14H20ClN3O3/c1-14(2,3)21-13(19)18-5-4-10(7-18)8-20-12-6-11(15)16-9-17-12/h6,9-10H,4-5,7-8H2,1-3H3/t10-/m0/s1. The van der Waals surface area contributed by atoms with Crippen LogP contribution in [0, 0.1) is 5.92 Å². The van der Waals surface area contributed by atoms with Gasteiger partial charge in [-0.1, -0.05) is 11.6 Å². The van der Waals surface area contributed by atoms with Gasteiger partial charge in [0.25, 0.3) is 0 Å². The van der Waals surface area contributed by atoms with Crippen LogP contribution >= 0.6 is 11.6 Å². The Hall–Kier alpha value is -1.56. The molecule has 1 amide bonds. The number of hydrogen-bond donors (Lipinski definition) is 0. The van der Waals surface area contributed by atoms with Gasteiger partial charge in [0.05, 0.1) is 6.61 Å².